The van der Waals surface area contributed by atoms with E-state index in [1.165, 1.54) is 47.4 Å². The van der Waals surface area contributed by atoms with Gasteiger partial charge in [-0.15, -0.1) is 0 Å². The molecule has 0 aromatic heterocycles. The molecule has 0 bridgehead atoms. The van der Waals surface area contributed by atoms with Crippen LogP contribution in [0.1, 0.15) is 44.7 Å². The minimum atomic E-state index is -4.47. The van der Waals surface area contributed by atoms with E-state index in [2.05, 4.69) is 0 Å². The average Bonchev–Trinajstić information content (AvgIpc) is 3.43. The first-order chi connectivity index (χ1) is 12.3. The van der Waals surface area contributed by atoms with Gasteiger partial charge in [0, 0.05) is 23.7 Å². The second kappa shape index (κ2) is 6.82. The van der Waals surface area contributed by atoms with Gasteiger partial charge in [-0.2, -0.15) is 13.2 Å². The Bertz CT molecular complexity index is 827. The fourth-order valence-electron chi connectivity index (χ4n) is 2.81. The SMILES string of the molecule is NC(=O)c1ccc(C(=O)N(Cc2ccccc2C(F)(F)F)C2CC2)cc1. The maximum Gasteiger partial charge on any atom is 0.416 e. The molecule has 26 heavy (non-hydrogen) atoms. The van der Waals surface area contributed by atoms with Crippen molar-refractivity contribution < 1.29 is 22.8 Å². The molecule has 0 spiro atoms. The van der Waals surface area contributed by atoms with E-state index in [0.717, 1.165) is 18.9 Å². The molecule has 2 aromatic rings. The number of nitrogens with two attached hydrogens (primary N) is 1. The van der Waals surface area contributed by atoms with Crippen LogP contribution in [-0.4, -0.2) is 22.8 Å². The molecule has 2 amide bonds. The molecule has 0 radical (unpaired) electrons. The van der Waals surface area contributed by atoms with Gasteiger partial charge in [-0.1, -0.05) is 18.2 Å². The average molecular weight is 362 g/mol. The normalized spacial score (nSPS) is 14.1. The highest BCUT2D eigenvalue weighted by molar-refractivity contribution is 5.97. The summed E-state index contributed by atoms with van der Waals surface area (Å²) in [6.45, 7) is -0.114. The Morgan fingerprint density at radius 3 is 2.12 bits per heavy atom. The minimum absolute atomic E-state index is 0.0639. The first-order valence-corrected chi connectivity index (χ1v) is 8.13. The highest BCUT2D eigenvalue weighted by Crippen LogP contribution is 2.35. The molecule has 1 aliphatic carbocycles. The van der Waals surface area contributed by atoms with Crippen LogP contribution in [0.5, 0.6) is 0 Å². The summed E-state index contributed by atoms with van der Waals surface area (Å²) in [5.74, 6) is -0.970. The van der Waals surface area contributed by atoms with Gasteiger partial charge < -0.3 is 10.6 Å². The van der Waals surface area contributed by atoms with E-state index in [9.17, 15) is 22.8 Å². The van der Waals surface area contributed by atoms with Crippen LogP contribution in [0.2, 0.25) is 0 Å². The predicted octanol–water partition coefficient (Wildman–Crippen LogP) is 3.61. The van der Waals surface area contributed by atoms with Gasteiger partial charge in [0.1, 0.15) is 0 Å². The molecule has 0 saturated heterocycles. The van der Waals surface area contributed by atoms with Crippen LogP contribution in [-0.2, 0) is 12.7 Å². The topological polar surface area (TPSA) is 63.4 Å². The van der Waals surface area contributed by atoms with Crippen LogP contribution in [0.3, 0.4) is 0 Å². The van der Waals surface area contributed by atoms with Crippen molar-refractivity contribution in [1.82, 2.24) is 4.90 Å². The van der Waals surface area contributed by atoms with Crippen molar-refractivity contribution in [2.45, 2.75) is 31.6 Å². The Morgan fingerprint density at radius 2 is 1.58 bits per heavy atom. The van der Waals surface area contributed by atoms with Gasteiger partial charge in [0.05, 0.1) is 5.56 Å². The standard InChI is InChI=1S/C19H17F3N2O2/c20-19(21,22)16-4-2-1-3-14(16)11-24(15-9-10-15)18(26)13-7-5-12(6-8-13)17(23)25/h1-8,15H,9-11H2,(H2,23,25). The number of hydrogen-bond acceptors (Lipinski definition) is 2. The van der Waals surface area contributed by atoms with Gasteiger partial charge >= 0.3 is 6.18 Å². The molecular formula is C19H17F3N2O2. The maximum atomic E-state index is 13.2. The molecule has 0 aliphatic heterocycles. The third-order valence-corrected chi connectivity index (χ3v) is 4.33. The highest BCUT2D eigenvalue weighted by atomic mass is 19.4. The Hall–Kier alpha value is -2.83. The third-order valence-electron chi connectivity index (χ3n) is 4.33. The first-order valence-electron chi connectivity index (χ1n) is 8.13. The zero-order valence-corrected chi connectivity index (χ0v) is 13.8. The second-order valence-corrected chi connectivity index (χ2v) is 6.26. The summed E-state index contributed by atoms with van der Waals surface area (Å²) in [5.41, 5.74) is 5.08. The van der Waals surface area contributed by atoms with Crippen LogP contribution >= 0.6 is 0 Å². The fourth-order valence-corrected chi connectivity index (χ4v) is 2.81. The predicted molar refractivity (Wildman–Crippen MR) is 89.3 cm³/mol. The molecule has 0 unspecified atom stereocenters. The van der Waals surface area contributed by atoms with Crippen LogP contribution in [0.15, 0.2) is 48.5 Å². The number of carbonyl (C=O) groups is 2. The van der Waals surface area contributed by atoms with Crippen molar-refractivity contribution in [1.29, 1.82) is 0 Å². The lowest BCUT2D eigenvalue weighted by Gasteiger charge is -2.24. The van der Waals surface area contributed by atoms with Crippen molar-refractivity contribution in [2.75, 3.05) is 0 Å². The van der Waals surface area contributed by atoms with Crippen LogP contribution in [0, 0.1) is 0 Å². The minimum Gasteiger partial charge on any atom is -0.366 e. The quantitative estimate of drug-likeness (QED) is 0.883. The third kappa shape index (κ3) is 3.87. The fraction of sp³-hybridized carbons (Fsp3) is 0.263. The molecule has 1 aliphatic rings. The molecule has 3 rings (SSSR count). The first kappa shape index (κ1) is 18.0. The molecule has 4 nitrogen and oxygen atoms in total. The largest absolute Gasteiger partial charge is 0.416 e. The zero-order chi connectivity index (χ0) is 18.9. The molecule has 0 heterocycles. The highest BCUT2D eigenvalue weighted by Gasteiger charge is 2.37. The van der Waals surface area contributed by atoms with E-state index in [4.69, 9.17) is 5.73 Å². The molecule has 7 heteroatoms. The van der Waals surface area contributed by atoms with Gasteiger partial charge in [0.15, 0.2) is 0 Å². The molecule has 136 valence electrons. The molecule has 2 aromatic carbocycles. The number of hydrogen-bond donors (Lipinski definition) is 1. The second-order valence-electron chi connectivity index (χ2n) is 6.26. The summed E-state index contributed by atoms with van der Waals surface area (Å²) in [5, 5.41) is 0. The Kier molecular flexibility index (Phi) is 4.71. The van der Waals surface area contributed by atoms with Gasteiger partial charge in [-0.05, 0) is 48.7 Å². The smallest absolute Gasteiger partial charge is 0.366 e. The van der Waals surface area contributed by atoms with Gasteiger partial charge in [0.25, 0.3) is 5.91 Å². The van der Waals surface area contributed by atoms with E-state index >= 15 is 0 Å². The van der Waals surface area contributed by atoms with E-state index < -0.39 is 17.6 Å². The lowest BCUT2D eigenvalue weighted by atomic mass is 10.1. The van der Waals surface area contributed by atoms with E-state index in [1.54, 1.807) is 0 Å². The van der Waals surface area contributed by atoms with Crippen LogP contribution in [0.25, 0.3) is 0 Å². The Balaban J connectivity index is 1.87. The Labute approximate surface area is 148 Å². The monoisotopic (exact) mass is 362 g/mol. The number of carbonyl (C=O) groups excluding carboxylic acids is 2. The number of benzene rings is 2. The number of nitrogens with zero attached hydrogens (tertiary/aromatic N) is 1. The number of amides is 2. The molecular weight excluding hydrogens is 345 g/mol. The van der Waals surface area contributed by atoms with Crippen molar-refractivity contribution in [2.24, 2.45) is 5.73 Å². The lowest BCUT2D eigenvalue weighted by molar-refractivity contribution is -0.138. The van der Waals surface area contributed by atoms with Crippen molar-refractivity contribution in [3.05, 3.63) is 70.8 Å². The van der Waals surface area contributed by atoms with Crippen LogP contribution < -0.4 is 5.73 Å². The van der Waals surface area contributed by atoms with Crippen molar-refractivity contribution >= 4 is 11.8 Å². The molecule has 1 fully saturated rings. The summed E-state index contributed by atoms with van der Waals surface area (Å²) >= 11 is 0. The summed E-state index contributed by atoms with van der Waals surface area (Å²) in [4.78, 5) is 25.4. The number of halogens is 3. The molecule has 0 atom stereocenters. The summed E-state index contributed by atoms with van der Waals surface area (Å²) < 4.78 is 39.6. The van der Waals surface area contributed by atoms with E-state index in [-0.39, 0.29) is 29.6 Å². The Morgan fingerprint density at radius 1 is 1.00 bits per heavy atom. The van der Waals surface area contributed by atoms with E-state index in [0.29, 0.717) is 5.56 Å². The lowest BCUT2D eigenvalue weighted by Crippen LogP contribution is -2.33. The zero-order valence-electron chi connectivity index (χ0n) is 13.8. The van der Waals surface area contributed by atoms with Crippen molar-refractivity contribution in [3.63, 3.8) is 0 Å². The number of rotatable bonds is 5. The summed E-state index contributed by atoms with van der Waals surface area (Å²) in [7, 11) is 0. The van der Waals surface area contributed by atoms with Crippen molar-refractivity contribution in [3.8, 4) is 0 Å². The summed E-state index contributed by atoms with van der Waals surface area (Å²) in [6.07, 6.45) is -2.95. The van der Waals surface area contributed by atoms with Crippen LogP contribution in [0.4, 0.5) is 13.2 Å². The maximum absolute atomic E-state index is 13.2. The van der Waals surface area contributed by atoms with Gasteiger partial charge in [0.2, 0.25) is 5.91 Å². The van der Waals surface area contributed by atoms with Gasteiger partial charge in [-0.25, -0.2) is 0 Å². The van der Waals surface area contributed by atoms with Gasteiger partial charge in [-0.3, -0.25) is 9.59 Å². The summed E-state index contributed by atoms with van der Waals surface area (Å²) in [6, 6.07) is 11.0. The molecule has 2 N–H and O–H groups in total. The van der Waals surface area contributed by atoms with E-state index in [1.807, 2.05) is 0 Å². The number of alkyl halides is 3. The molecule has 1 saturated carbocycles. The number of primary amides is 1.